The predicted octanol–water partition coefficient (Wildman–Crippen LogP) is 6.39. The fourth-order valence-electron chi connectivity index (χ4n) is 5.47. The molecule has 6 heteroatoms. The molecular formula is C35H38N4O2. The molecule has 6 nitrogen and oxygen atoms in total. The van der Waals surface area contributed by atoms with Crippen molar-refractivity contribution in [2.24, 2.45) is 0 Å². The van der Waals surface area contributed by atoms with Gasteiger partial charge in [0.1, 0.15) is 6.04 Å². The van der Waals surface area contributed by atoms with Crippen molar-refractivity contribution in [1.82, 2.24) is 10.2 Å². The quantitative estimate of drug-likeness (QED) is 0.256. The second-order valence-corrected chi connectivity index (χ2v) is 10.4. The lowest BCUT2D eigenvalue weighted by Gasteiger charge is -2.30. The number of carbonyl (C=O) groups is 2. The third-order valence-electron chi connectivity index (χ3n) is 7.56. The van der Waals surface area contributed by atoms with Gasteiger partial charge in [0.05, 0.1) is 0 Å². The predicted molar refractivity (Wildman–Crippen MR) is 167 cm³/mol. The summed E-state index contributed by atoms with van der Waals surface area (Å²) in [6.45, 7) is 6.12. The lowest BCUT2D eigenvalue weighted by Crippen LogP contribution is -2.42. The molecule has 5 rings (SSSR count). The van der Waals surface area contributed by atoms with Gasteiger partial charge in [-0.25, -0.2) is 0 Å². The molecule has 1 aliphatic heterocycles. The van der Waals surface area contributed by atoms with Crippen LogP contribution in [0.5, 0.6) is 0 Å². The second kappa shape index (κ2) is 13.8. The zero-order valence-corrected chi connectivity index (χ0v) is 23.6. The van der Waals surface area contributed by atoms with Gasteiger partial charge in [0, 0.05) is 49.7 Å². The average Bonchev–Trinajstić information content (AvgIpc) is 3.28. The van der Waals surface area contributed by atoms with Crippen molar-refractivity contribution in [1.29, 1.82) is 0 Å². The molecule has 0 aromatic heterocycles. The first kappa shape index (κ1) is 28.1. The van der Waals surface area contributed by atoms with Crippen molar-refractivity contribution in [3.8, 4) is 11.1 Å². The van der Waals surface area contributed by atoms with Gasteiger partial charge in [-0.15, -0.1) is 0 Å². The largest absolute Gasteiger partial charge is 0.370 e. The topological polar surface area (TPSA) is 64.7 Å². The monoisotopic (exact) mass is 546 g/mol. The van der Waals surface area contributed by atoms with Gasteiger partial charge >= 0.3 is 0 Å². The van der Waals surface area contributed by atoms with Crippen molar-refractivity contribution in [3.05, 3.63) is 120 Å². The molecule has 41 heavy (non-hydrogen) atoms. The van der Waals surface area contributed by atoms with E-state index in [-0.39, 0.29) is 17.9 Å². The molecule has 1 heterocycles. The van der Waals surface area contributed by atoms with Crippen LogP contribution in [0.15, 0.2) is 109 Å². The van der Waals surface area contributed by atoms with Gasteiger partial charge in [0.25, 0.3) is 5.91 Å². The minimum atomic E-state index is -0.293. The Hall–Kier alpha value is -4.42. The lowest BCUT2D eigenvalue weighted by atomic mass is 9.99. The Morgan fingerprint density at radius 3 is 2.17 bits per heavy atom. The highest BCUT2D eigenvalue weighted by Gasteiger charge is 2.29. The van der Waals surface area contributed by atoms with E-state index in [0.29, 0.717) is 12.1 Å². The Labute approximate surface area is 243 Å². The molecule has 0 spiro atoms. The molecule has 0 saturated carbocycles. The van der Waals surface area contributed by atoms with Gasteiger partial charge in [-0.1, -0.05) is 85.8 Å². The van der Waals surface area contributed by atoms with E-state index in [1.54, 1.807) is 0 Å². The van der Waals surface area contributed by atoms with E-state index in [9.17, 15) is 9.59 Å². The third kappa shape index (κ3) is 7.02. The second-order valence-electron chi connectivity index (χ2n) is 10.4. The summed E-state index contributed by atoms with van der Waals surface area (Å²) in [6, 6.07) is 35.5. The van der Waals surface area contributed by atoms with Crippen molar-refractivity contribution in [3.63, 3.8) is 0 Å². The molecule has 4 aromatic rings. The van der Waals surface area contributed by atoms with Crippen LogP contribution in [0, 0.1) is 0 Å². The first-order valence-electron chi connectivity index (χ1n) is 14.5. The molecule has 4 aromatic carbocycles. The number of nitrogens with zero attached hydrogens (tertiary/aromatic N) is 2. The maximum absolute atomic E-state index is 13.2. The Kier molecular flexibility index (Phi) is 9.45. The highest BCUT2D eigenvalue weighted by Crippen LogP contribution is 2.27. The van der Waals surface area contributed by atoms with E-state index < -0.39 is 0 Å². The SMILES string of the molecule is CCCNC(=O)C(c1ccccc1)N1CCCN(c2ccc(NC(=O)c3ccccc3-c3ccccc3)cc2)CC1. The van der Waals surface area contributed by atoms with Crippen LogP contribution in [0.2, 0.25) is 0 Å². The Morgan fingerprint density at radius 1 is 0.756 bits per heavy atom. The van der Waals surface area contributed by atoms with Crippen LogP contribution in [-0.4, -0.2) is 49.4 Å². The molecule has 0 bridgehead atoms. The van der Waals surface area contributed by atoms with Gasteiger partial charge < -0.3 is 15.5 Å². The summed E-state index contributed by atoms with van der Waals surface area (Å²) in [7, 11) is 0. The van der Waals surface area contributed by atoms with Crippen molar-refractivity contribution in [2.45, 2.75) is 25.8 Å². The summed E-state index contributed by atoms with van der Waals surface area (Å²) >= 11 is 0. The zero-order chi connectivity index (χ0) is 28.4. The standard InChI is InChI=1S/C35H38N4O2/c1-2-22-36-35(41)33(28-14-7-4-8-15-28)39-24-11-23-38(25-26-39)30-20-18-29(19-21-30)37-34(40)32-17-10-9-16-31(32)27-12-5-3-6-13-27/h3-10,12-21,33H,2,11,22-26H2,1H3,(H,36,41)(H,37,40). The first-order valence-corrected chi connectivity index (χ1v) is 14.5. The van der Waals surface area contributed by atoms with Crippen LogP contribution in [0.1, 0.15) is 41.7 Å². The number of amides is 2. The maximum atomic E-state index is 13.2. The van der Waals surface area contributed by atoms with Crippen LogP contribution < -0.4 is 15.5 Å². The zero-order valence-electron chi connectivity index (χ0n) is 23.6. The van der Waals surface area contributed by atoms with Gasteiger partial charge in [-0.3, -0.25) is 14.5 Å². The number of rotatable bonds is 9. The number of benzene rings is 4. The van der Waals surface area contributed by atoms with Crippen molar-refractivity contribution < 1.29 is 9.59 Å². The minimum absolute atomic E-state index is 0.0698. The van der Waals surface area contributed by atoms with E-state index in [1.165, 1.54) is 0 Å². The minimum Gasteiger partial charge on any atom is -0.370 e. The Bertz CT molecular complexity index is 1420. The molecule has 1 aliphatic rings. The fourth-order valence-corrected chi connectivity index (χ4v) is 5.47. The smallest absolute Gasteiger partial charge is 0.256 e. The molecule has 210 valence electrons. The summed E-state index contributed by atoms with van der Waals surface area (Å²) in [5, 5.41) is 6.18. The molecular weight excluding hydrogens is 508 g/mol. The molecule has 0 radical (unpaired) electrons. The van der Waals surface area contributed by atoms with E-state index in [1.807, 2.05) is 97.1 Å². The number of anilines is 2. The van der Waals surface area contributed by atoms with Gasteiger partial charge in [-0.05, 0) is 59.9 Å². The highest BCUT2D eigenvalue weighted by atomic mass is 16.2. The van der Waals surface area contributed by atoms with Crippen LogP contribution >= 0.6 is 0 Å². The lowest BCUT2D eigenvalue weighted by molar-refractivity contribution is -0.126. The van der Waals surface area contributed by atoms with E-state index in [4.69, 9.17) is 0 Å². The van der Waals surface area contributed by atoms with E-state index in [2.05, 4.69) is 39.5 Å². The summed E-state index contributed by atoms with van der Waals surface area (Å²) in [6.07, 6.45) is 1.87. The molecule has 1 atom stereocenters. The van der Waals surface area contributed by atoms with Gasteiger partial charge in [0.15, 0.2) is 0 Å². The third-order valence-corrected chi connectivity index (χ3v) is 7.56. The molecule has 1 fully saturated rings. The van der Waals surface area contributed by atoms with E-state index >= 15 is 0 Å². The Morgan fingerprint density at radius 2 is 1.44 bits per heavy atom. The highest BCUT2D eigenvalue weighted by molar-refractivity contribution is 6.08. The van der Waals surface area contributed by atoms with Crippen LogP contribution in [-0.2, 0) is 4.79 Å². The maximum Gasteiger partial charge on any atom is 0.256 e. The van der Waals surface area contributed by atoms with E-state index in [0.717, 1.165) is 67.1 Å². The summed E-state index contributed by atoms with van der Waals surface area (Å²) < 4.78 is 0. The first-order chi connectivity index (χ1) is 20.1. The van der Waals surface area contributed by atoms with Crippen LogP contribution in [0.4, 0.5) is 11.4 Å². The molecule has 2 N–H and O–H groups in total. The molecule has 1 unspecified atom stereocenters. The van der Waals surface area contributed by atoms with Crippen LogP contribution in [0.25, 0.3) is 11.1 Å². The molecule has 1 saturated heterocycles. The van der Waals surface area contributed by atoms with Gasteiger partial charge in [0.2, 0.25) is 5.91 Å². The fraction of sp³-hybridized carbons (Fsp3) is 0.257. The van der Waals surface area contributed by atoms with Crippen molar-refractivity contribution >= 4 is 23.2 Å². The summed E-state index contributed by atoms with van der Waals surface area (Å²) in [4.78, 5) is 31.1. The average molecular weight is 547 g/mol. The summed E-state index contributed by atoms with van der Waals surface area (Å²) in [5.74, 6) is -0.0589. The number of hydrogen-bond donors (Lipinski definition) is 2. The van der Waals surface area contributed by atoms with Crippen molar-refractivity contribution in [2.75, 3.05) is 42.9 Å². The van der Waals surface area contributed by atoms with Gasteiger partial charge in [-0.2, -0.15) is 0 Å². The van der Waals surface area contributed by atoms with Crippen LogP contribution in [0.3, 0.4) is 0 Å². The number of nitrogens with one attached hydrogen (secondary N) is 2. The normalized spacial score (nSPS) is 14.6. The molecule has 0 aliphatic carbocycles. The summed E-state index contributed by atoms with van der Waals surface area (Å²) in [5.41, 5.74) is 5.47. The number of carbonyl (C=O) groups excluding carboxylic acids is 2. The Balaban J connectivity index is 1.25. The molecule has 2 amide bonds. The number of hydrogen-bond acceptors (Lipinski definition) is 4.